The normalized spacial score (nSPS) is 10.5. The van der Waals surface area contributed by atoms with Crippen LogP contribution >= 0.6 is 27.5 Å². The summed E-state index contributed by atoms with van der Waals surface area (Å²) in [6.45, 7) is 0.0120. The first-order valence-electron chi connectivity index (χ1n) is 7.34. The summed E-state index contributed by atoms with van der Waals surface area (Å²) in [6.07, 6.45) is 0. The molecule has 1 aromatic heterocycles. The SMILES string of the molecule is O=C(COc1ccc(Cl)cc1)NCc1nc(-c2cccc(Br)c2)no1. The van der Waals surface area contributed by atoms with Crippen LogP contribution in [-0.2, 0) is 11.3 Å². The lowest BCUT2D eigenvalue weighted by Crippen LogP contribution is -2.28. The molecule has 3 aromatic rings. The minimum Gasteiger partial charge on any atom is -0.484 e. The molecule has 0 radical (unpaired) electrons. The van der Waals surface area contributed by atoms with Gasteiger partial charge >= 0.3 is 0 Å². The maximum atomic E-state index is 11.8. The molecule has 0 spiro atoms. The van der Waals surface area contributed by atoms with Crippen molar-refractivity contribution < 1.29 is 14.1 Å². The van der Waals surface area contributed by atoms with Gasteiger partial charge in [-0.25, -0.2) is 0 Å². The third kappa shape index (κ3) is 5.04. The van der Waals surface area contributed by atoms with Crippen molar-refractivity contribution in [2.45, 2.75) is 6.54 Å². The van der Waals surface area contributed by atoms with Crippen molar-refractivity contribution >= 4 is 33.4 Å². The molecule has 0 unspecified atom stereocenters. The molecule has 3 rings (SSSR count). The maximum Gasteiger partial charge on any atom is 0.258 e. The molecule has 8 heteroatoms. The molecule has 0 aliphatic carbocycles. The minimum atomic E-state index is -0.294. The number of rotatable bonds is 6. The first-order chi connectivity index (χ1) is 12.1. The second-order valence-electron chi connectivity index (χ2n) is 5.04. The molecular weight excluding hydrogens is 410 g/mol. The van der Waals surface area contributed by atoms with E-state index in [9.17, 15) is 4.79 Å². The largest absolute Gasteiger partial charge is 0.484 e. The highest BCUT2D eigenvalue weighted by Crippen LogP contribution is 2.20. The Morgan fingerprint density at radius 2 is 2.04 bits per heavy atom. The zero-order valence-corrected chi connectivity index (χ0v) is 15.3. The summed E-state index contributed by atoms with van der Waals surface area (Å²) in [4.78, 5) is 16.1. The van der Waals surface area contributed by atoms with Gasteiger partial charge in [0, 0.05) is 15.1 Å². The van der Waals surface area contributed by atoms with Gasteiger partial charge in [-0.15, -0.1) is 0 Å². The quantitative estimate of drug-likeness (QED) is 0.653. The van der Waals surface area contributed by atoms with Crippen LogP contribution in [0.5, 0.6) is 5.75 Å². The molecule has 0 saturated heterocycles. The first kappa shape index (κ1) is 17.4. The second-order valence-corrected chi connectivity index (χ2v) is 6.39. The van der Waals surface area contributed by atoms with Crippen LogP contribution in [0.25, 0.3) is 11.4 Å². The van der Waals surface area contributed by atoms with Crippen LogP contribution < -0.4 is 10.1 Å². The predicted octanol–water partition coefficient (Wildman–Crippen LogP) is 3.85. The average Bonchev–Trinajstić information content (AvgIpc) is 3.08. The van der Waals surface area contributed by atoms with Crippen LogP contribution in [0.1, 0.15) is 5.89 Å². The monoisotopic (exact) mass is 421 g/mol. The molecule has 0 bridgehead atoms. The smallest absolute Gasteiger partial charge is 0.258 e. The van der Waals surface area contributed by atoms with E-state index in [1.807, 2.05) is 24.3 Å². The number of carbonyl (C=O) groups excluding carboxylic acids is 1. The summed E-state index contributed by atoms with van der Waals surface area (Å²) >= 11 is 9.18. The van der Waals surface area contributed by atoms with Crippen LogP contribution in [0.3, 0.4) is 0 Å². The van der Waals surface area contributed by atoms with Crippen molar-refractivity contribution in [3.05, 3.63) is 63.9 Å². The topological polar surface area (TPSA) is 77.2 Å². The molecule has 128 valence electrons. The number of nitrogens with zero attached hydrogens (tertiary/aromatic N) is 2. The molecule has 6 nitrogen and oxygen atoms in total. The van der Waals surface area contributed by atoms with E-state index in [1.165, 1.54) is 0 Å². The van der Waals surface area contributed by atoms with Gasteiger partial charge in [-0.05, 0) is 36.4 Å². The average molecular weight is 423 g/mol. The van der Waals surface area contributed by atoms with Crippen LogP contribution in [0.15, 0.2) is 57.5 Å². The van der Waals surface area contributed by atoms with Gasteiger partial charge in [-0.1, -0.05) is 44.8 Å². The summed E-state index contributed by atoms with van der Waals surface area (Å²) in [5.74, 6) is 1.05. The summed E-state index contributed by atoms with van der Waals surface area (Å²) in [5, 5.41) is 7.17. The van der Waals surface area contributed by atoms with E-state index in [2.05, 4.69) is 31.4 Å². The van der Waals surface area contributed by atoms with Crippen LogP contribution in [0, 0.1) is 0 Å². The van der Waals surface area contributed by atoms with Crippen molar-refractivity contribution in [3.63, 3.8) is 0 Å². The van der Waals surface area contributed by atoms with Gasteiger partial charge in [0.05, 0.1) is 6.54 Å². The fourth-order valence-corrected chi connectivity index (χ4v) is 2.50. The van der Waals surface area contributed by atoms with Gasteiger partial charge in [-0.2, -0.15) is 4.98 Å². The van der Waals surface area contributed by atoms with Crippen molar-refractivity contribution in [1.82, 2.24) is 15.5 Å². The van der Waals surface area contributed by atoms with Gasteiger partial charge in [-0.3, -0.25) is 4.79 Å². The second kappa shape index (κ2) is 8.13. The number of nitrogens with one attached hydrogen (secondary N) is 1. The van der Waals surface area contributed by atoms with Gasteiger partial charge in [0.2, 0.25) is 11.7 Å². The van der Waals surface area contributed by atoms with Crippen LogP contribution in [0.2, 0.25) is 5.02 Å². The predicted molar refractivity (Wildman–Crippen MR) is 96.2 cm³/mol. The molecule has 0 atom stereocenters. The Labute approximate surface area is 157 Å². The highest BCUT2D eigenvalue weighted by atomic mass is 79.9. The number of hydrogen-bond donors (Lipinski definition) is 1. The molecule has 0 saturated carbocycles. The molecule has 2 aromatic carbocycles. The van der Waals surface area contributed by atoms with Crippen molar-refractivity contribution in [1.29, 1.82) is 0 Å². The Bertz CT molecular complexity index is 868. The fraction of sp³-hybridized carbons (Fsp3) is 0.118. The summed E-state index contributed by atoms with van der Waals surface area (Å²) in [6, 6.07) is 14.3. The Morgan fingerprint density at radius 1 is 1.24 bits per heavy atom. The zero-order chi connectivity index (χ0) is 17.6. The Kier molecular flexibility index (Phi) is 5.67. The highest BCUT2D eigenvalue weighted by molar-refractivity contribution is 9.10. The summed E-state index contributed by atoms with van der Waals surface area (Å²) in [7, 11) is 0. The van der Waals surface area contributed by atoms with E-state index in [0.717, 1.165) is 10.0 Å². The lowest BCUT2D eigenvalue weighted by atomic mass is 10.2. The Morgan fingerprint density at radius 3 is 2.80 bits per heavy atom. The van der Waals surface area contributed by atoms with E-state index in [4.69, 9.17) is 20.9 Å². The minimum absolute atomic E-state index is 0.117. The molecule has 25 heavy (non-hydrogen) atoms. The van der Waals surface area contributed by atoms with Gasteiger partial charge < -0.3 is 14.6 Å². The van der Waals surface area contributed by atoms with E-state index in [-0.39, 0.29) is 19.1 Å². The van der Waals surface area contributed by atoms with E-state index in [0.29, 0.717) is 22.5 Å². The maximum absolute atomic E-state index is 11.8. The van der Waals surface area contributed by atoms with E-state index in [1.54, 1.807) is 24.3 Å². The molecule has 1 heterocycles. The Hall–Kier alpha value is -2.38. The molecule has 0 aliphatic rings. The number of halogens is 2. The lowest BCUT2D eigenvalue weighted by molar-refractivity contribution is -0.123. The highest BCUT2D eigenvalue weighted by Gasteiger charge is 2.10. The fourth-order valence-electron chi connectivity index (χ4n) is 1.98. The van der Waals surface area contributed by atoms with E-state index >= 15 is 0 Å². The third-order valence-electron chi connectivity index (χ3n) is 3.17. The number of amides is 1. The number of carbonyl (C=O) groups is 1. The molecular formula is C17H13BrClN3O3. The lowest BCUT2D eigenvalue weighted by Gasteiger charge is -2.05. The van der Waals surface area contributed by atoms with Crippen molar-refractivity contribution in [3.8, 4) is 17.1 Å². The molecule has 0 fully saturated rings. The standard InChI is InChI=1S/C17H13BrClN3O3/c18-12-3-1-2-11(8-12)17-21-16(25-22-17)9-20-15(23)10-24-14-6-4-13(19)5-7-14/h1-8H,9-10H2,(H,20,23). The van der Waals surface area contributed by atoms with Crippen molar-refractivity contribution in [2.75, 3.05) is 6.61 Å². The number of ether oxygens (including phenoxy) is 1. The number of aromatic nitrogens is 2. The summed E-state index contributed by atoms with van der Waals surface area (Å²) in [5.41, 5.74) is 0.821. The molecule has 1 N–H and O–H groups in total. The number of benzene rings is 2. The molecule has 1 amide bonds. The van der Waals surface area contributed by atoms with Crippen LogP contribution in [0.4, 0.5) is 0 Å². The first-order valence-corrected chi connectivity index (χ1v) is 8.51. The third-order valence-corrected chi connectivity index (χ3v) is 3.92. The van der Waals surface area contributed by atoms with Crippen molar-refractivity contribution in [2.24, 2.45) is 0 Å². The van der Waals surface area contributed by atoms with Gasteiger partial charge in [0.25, 0.3) is 5.91 Å². The Balaban J connectivity index is 1.50. The van der Waals surface area contributed by atoms with Gasteiger partial charge in [0.1, 0.15) is 5.75 Å². The number of hydrogen-bond acceptors (Lipinski definition) is 5. The zero-order valence-electron chi connectivity index (χ0n) is 12.9. The summed E-state index contributed by atoms with van der Waals surface area (Å²) < 4.78 is 11.4. The molecule has 0 aliphatic heterocycles. The van der Waals surface area contributed by atoms with Gasteiger partial charge in [0.15, 0.2) is 6.61 Å². The van der Waals surface area contributed by atoms with E-state index < -0.39 is 0 Å². The van der Waals surface area contributed by atoms with Crippen LogP contribution in [-0.4, -0.2) is 22.7 Å².